The molecule has 2 aromatic carbocycles. The molecule has 0 aliphatic heterocycles. The van der Waals surface area contributed by atoms with Crippen LogP contribution in [0.15, 0.2) is 65.8 Å². The van der Waals surface area contributed by atoms with E-state index >= 15 is 0 Å². The number of rotatable bonds is 6. The second kappa shape index (κ2) is 7.93. The van der Waals surface area contributed by atoms with Crippen molar-refractivity contribution < 1.29 is 4.39 Å². The molecule has 0 saturated heterocycles. The van der Waals surface area contributed by atoms with E-state index in [0.29, 0.717) is 17.3 Å². The van der Waals surface area contributed by atoms with Crippen molar-refractivity contribution in [2.24, 2.45) is 0 Å². The standard InChI is InChI=1S/C20H19FN6S/c1-14(2)27-24-19(23-25-27)16-12-22-26(18-11-7-6-10-17(18)21)20(16)28-13-15-8-4-3-5-9-15/h3-12,14H,13H2,1-2H3. The second-order valence-corrected chi connectivity index (χ2v) is 7.49. The van der Waals surface area contributed by atoms with Crippen LogP contribution in [0.4, 0.5) is 4.39 Å². The average molecular weight is 394 g/mol. The lowest BCUT2D eigenvalue weighted by atomic mass is 10.2. The first-order valence-electron chi connectivity index (χ1n) is 8.93. The number of hydrogen-bond acceptors (Lipinski definition) is 5. The third kappa shape index (κ3) is 3.68. The summed E-state index contributed by atoms with van der Waals surface area (Å²) < 4.78 is 16.0. The van der Waals surface area contributed by atoms with Gasteiger partial charge in [0.25, 0.3) is 0 Å². The maximum absolute atomic E-state index is 14.4. The van der Waals surface area contributed by atoms with Gasteiger partial charge in [-0.05, 0) is 36.8 Å². The van der Waals surface area contributed by atoms with Gasteiger partial charge in [0, 0.05) is 5.75 Å². The van der Waals surface area contributed by atoms with Gasteiger partial charge in [0.15, 0.2) is 0 Å². The minimum atomic E-state index is -0.336. The molecule has 142 valence electrons. The van der Waals surface area contributed by atoms with Crippen molar-refractivity contribution in [2.45, 2.75) is 30.7 Å². The number of hydrogen-bond donors (Lipinski definition) is 0. The zero-order valence-corrected chi connectivity index (χ0v) is 16.3. The maximum atomic E-state index is 14.4. The van der Waals surface area contributed by atoms with Crippen LogP contribution in [0.2, 0.25) is 0 Å². The molecule has 4 rings (SSSR count). The topological polar surface area (TPSA) is 61.4 Å². The molecule has 0 atom stereocenters. The molecular weight excluding hydrogens is 375 g/mol. The van der Waals surface area contributed by atoms with E-state index in [1.54, 1.807) is 45.6 Å². The third-order valence-corrected chi connectivity index (χ3v) is 5.30. The van der Waals surface area contributed by atoms with Gasteiger partial charge in [0.05, 0.1) is 17.8 Å². The molecule has 0 unspecified atom stereocenters. The van der Waals surface area contributed by atoms with Gasteiger partial charge in [-0.25, -0.2) is 9.07 Å². The summed E-state index contributed by atoms with van der Waals surface area (Å²) in [7, 11) is 0. The highest BCUT2D eigenvalue weighted by atomic mass is 32.2. The highest BCUT2D eigenvalue weighted by molar-refractivity contribution is 7.98. The van der Waals surface area contributed by atoms with E-state index in [9.17, 15) is 4.39 Å². The summed E-state index contributed by atoms with van der Waals surface area (Å²) in [5.41, 5.74) is 2.29. The number of halogens is 1. The van der Waals surface area contributed by atoms with Gasteiger partial charge in [-0.15, -0.1) is 22.0 Å². The van der Waals surface area contributed by atoms with Gasteiger partial charge < -0.3 is 0 Å². The van der Waals surface area contributed by atoms with E-state index in [-0.39, 0.29) is 11.9 Å². The third-order valence-electron chi connectivity index (χ3n) is 4.16. The molecule has 2 heterocycles. The van der Waals surface area contributed by atoms with Crippen molar-refractivity contribution in [3.8, 4) is 17.1 Å². The average Bonchev–Trinajstić information content (AvgIpc) is 3.35. The summed E-state index contributed by atoms with van der Waals surface area (Å²) in [4.78, 5) is 1.56. The molecular formula is C20H19FN6S. The molecule has 4 aromatic rings. The van der Waals surface area contributed by atoms with Crippen LogP contribution in [-0.2, 0) is 5.75 Å². The Morgan fingerprint density at radius 2 is 1.79 bits per heavy atom. The maximum Gasteiger partial charge on any atom is 0.209 e. The quantitative estimate of drug-likeness (QED) is 0.449. The second-order valence-electron chi connectivity index (χ2n) is 6.53. The van der Waals surface area contributed by atoms with Crippen LogP contribution in [0.25, 0.3) is 17.1 Å². The Labute approximate surface area is 166 Å². The summed E-state index contributed by atoms with van der Waals surface area (Å²) in [6.07, 6.45) is 1.67. The fourth-order valence-corrected chi connectivity index (χ4v) is 3.77. The minimum Gasteiger partial charge on any atom is -0.223 e. The van der Waals surface area contributed by atoms with Crippen LogP contribution in [0, 0.1) is 5.82 Å². The van der Waals surface area contributed by atoms with E-state index < -0.39 is 0 Å². The Hall–Kier alpha value is -3.00. The van der Waals surface area contributed by atoms with E-state index in [1.807, 2.05) is 32.0 Å². The molecule has 0 fully saturated rings. The molecule has 8 heteroatoms. The Morgan fingerprint density at radius 3 is 2.50 bits per heavy atom. The van der Waals surface area contributed by atoms with Crippen LogP contribution in [0.1, 0.15) is 25.5 Å². The van der Waals surface area contributed by atoms with Crippen LogP contribution >= 0.6 is 11.8 Å². The smallest absolute Gasteiger partial charge is 0.209 e. The predicted molar refractivity (Wildman–Crippen MR) is 107 cm³/mol. The Morgan fingerprint density at radius 1 is 1.04 bits per heavy atom. The van der Waals surface area contributed by atoms with Gasteiger partial charge >= 0.3 is 0 Å². The van der Waals surface area contributed by atoms with Crippen LogP contribution < -0.4 is 0 Å². The van der Waals surface area contributed by atoms with Gasteiger partial charge in [-0.3, -0.25) is 0 Å². The van der Waals surface area contributed by atoms with E-state index in [1.165, 1.54) is 11.6 Å². The molecule has 0 amide bonds. The molecule has 0 bridgehead atoms. The van der Waals surface area contributed by atoms with Crippen molar-refractivity contribution in [2.75, 3.05) is 0 Å². The lowest BCUT2D eigenvalue weighted by Gasteiger charge is -2.09. The first-order chi connectivity index (χ1) is 13.6. The summed E-state index contributed by atoms with van der Waals surface area (Å²) >= 11 is 1.57. The van der Waals surface area contributed by atoms with Crippen molar-refractivity contribution in [1.29, 1.82) is 0 Å². The lowest BCUT2D eigenvalue weighted by Crippen LogP contribution is -2.04. The minimum absolute atomic E-state index is 0.100. The number of benzene rings is 2. The fraction of sp³-hybridized carbons (Fsp3) is 0.200. The predicted octanol–water partition coefficient (Wildman–Crippen LogP) is 4.54. The zero-order valence-electron chi connectivity index (χ0n) is 15.5. The summed E-state index contributed by atoms with van der Waals surface area (Å²) in [5.74, 6) is 0.858. The first kappa shape index (κ1) is 18.4. The van der Waals surface area contributed by atoms with Crippen LogP contribution in [0.5, 0.6) is 0 Å². The van der Waals surface area contributed by atoms with Crippen molar-refractivity contribution in [3.63, 3.8) is 0 Å². The molecule has 0 aliphatic rings. The van der Waals surface area contributed by atoms with Gasteiger partial charge in [0.1, 0.15) is 16.5 Å². The molecule has 0 radical (unpaired) electrons. The summed E-state index contributed by atoms with van der Waals surface area (Å²) in [6.45, 7) is 3.97. The zero-order chi connectivity index (χ0) is 19.5. The van der Waals surface area contributed by atoms with Gasteiger partial charge in [0.2, 0.25) is 5.82 Å². The normalized spacial score (nSPS) is 11.3. The molecule has 0 aliphatic carbocycles. The number of thioether (sulfide) groups is 1. The largest absolute Gasteiger partial charge is 0.223 e. The number of aromatic nitrogens is 6. The monoisotopic (exact) mass is 394 g/mol. The van der Waals surface area contributed by atoms with Crippen molar-refractivity contribution >= 4 is 11.8 Å². The number of para-hydroxylation sites is 1. The van der Waals surface area contributed by atoms with Crippen molar-refractivity contribution in [1.82, 2.24) is 30.0 Å². The molecule has 0 spiro atoms. The number of nitrogens with zero attached hydrogens (tertiary/aromatic N) is 6. The van der Waals surface area contributed by atoms with E-state index in [4.69, 9.17) is 0 Å². The van der Waals surface area contributed by atoms with E-state index in [2.05, 4.69) is 32.6 Å². The highest BCUT2D eigenvalue weighted by Crippen LogP contribution is 2.34. The lowest BCUT2D eigenvalue weighted by molar-refractivity contribution is 0.455. The summed E-state index contributed by atoms with van der Waals surface area (Å²) in [5, 5.41) is 17.9. The molecule has 6 nitrogen and oxygen atoms in total. The van der Waals surface area contributed by atoms with Crippen molar-refractivity contribution in [3.05, 3.63) is 72.2 Å². The van der Waals surface area contributed by atoms with Crippen LogP contribution in [-0.4, -0.2) is 30.0 Å². The molecule has 0 saturated carbocycles. The summed E-state index contributed by atoms with van der Waals surface area (Å²) in [6, 6.07) is 16.8. The van der Waals surface area contributed by atoms with Crippen LogP contribution in [0.3, 0.4) is 0 Å². The number of tetrazole rings is 1. The fourth-order valence-electron chi connectivity index (χ4n) is 2.70. The van der Waals surface area contributed by atoms with Gasteiger partial charge in [-0.2, -0.15) is 9.90 Å². The first-order valence-corrected chi connectivity index (χ1v) is 9.91. The molecule has 2 aromatic heterocycles. The highest BCUT2D eigenvalue weighted by Gasteiger charge is 2.20. The Bertz CT molecular complexity index is 1070. The molecule has 0 N–H and O–H groups in total. The Kier molecular flexibility index (Phi) is 5.21. The van der Waals surface area contributed by atoms with Gasteiger partial charge in [-0.1, -0.05) is 42.5 Å². The van der Waals surface area contributed by atoms with E-state index in [0.717, 1.165) is 10.6 Å². The Balaban J connectivity index is 1.76. The SMILES string of the molecule is CC(C)n1nnc(-c2cnn(-c3ccccc3F)c2SCc2ccccc2)n1. The molecule has 28 heavy (non-hydrogen) atoms.